The van der Waals surface area contributed by atoms with Crippen LogP contribution in [0.25, 0.3) is 10.8 Å². The van der Waals surface area contributed by atoms with E-state index in [1.54, 1.807) is 0 Å². The lowest BCUT2D eigenvalue weighted by molar-refractivity contribution is 0.388. The molecule has 0 bridgehead atoms. The lowest BCUT2D eigenvalue weighted by Gasteiger charge is -2.12. The predicted molar refractivity (Wildman–Crippen MR) is 79.1 cm³/mol. The number of pyridine rings is 1. The number of rotatable bonds is 4. The molecule has 0 aliphatic carbocycles. The molecule has 1 aliphatic heterocycles. The van der Waals surface area contributed by atoms with Crippen molar-refractivity contribution in [2.45, 2.75) is 13.0 Å². The van der Waals surface area contributed by atoms with Crippen LogP contribution < -0.4 is 5.32 Å². The van der Waals surface area contributed by atoms with Crippen LogP contribution in [-0.2, 0) is 6.54 Å². The molecule has 3 rings (SSSR count). The Bertz CT molecular complexity index is 552. The van der Waals surface area contributed by atoms with E-state index in [0.29, 0.717) is 0 Å². The second kappa shape index (κ2) is 5.68. The number of hydrogen-bond donors (Lipinski definition) is 1. The third-order valence-electron chi connectivity index (χ3n) is 3.96. The fourth-order valence-electron chi connectivity index (χ4n) is 2.86. The van der Waals surface area contributed by atoms with Gasteiger partial charge in [0.15, 0.2) is 0 Å². The summed E-state index contributed by atoms with van der Waals surface area (Å²) in [6.45, 7) is 4.56. The van der Waals surface area contributed by atoms with Gasteiger partial charge in [-0.1, -0.05) is 12.1 Å². The van der Waals surface area contributed by atoms with Crippen LogP contribution in [0.1, 0.15) is 12.0 Å². The predicted octanol–water partition coefficient (Wildman–Crippen LogP) is 2.28. The van der Waals surface area contributed by atoms with E-state index in [1.165, 1.54) is 35.8 Å². The highest BCUT2D eigenvalue weighted by Crippen LogP contribution is 2.15. The number of hydrogen-bond acceptors (Lipinski definition) is 3. The molecular weight excluding hydrogens is 234 g/mol. The molecule has 2 aromatic rings. The minimum absolute atomic E-state index is 0.814. The average Bonchev–Trinajstić information content (AvgIpc) is 2.84. The molecule has 3 nitrogen and oxygen atoms in total. The fraction of sp³-hybridized carbons (Fsp3) is 0.438. The first kappa shape index (κ1) is 12.6. The van der Waals surface area contributed by atoms with Gasteiger partial charge in [0.1, 0.15) is 0 Å². The van der Waals surface area contributed by atoms with Crippen LogP contribution in [0.2, 0.25) is 0 Å². The van der Waals surface area contributed by atoms with Crippen molar-refractivity contribution in [1.82, 2.24) is 15.2 Å². The summed E-state index contributed by atoms with van der Waals surface area (Å²) >= 11 is 0. The minimum atomic E-state index is 0.814. The molecule has 0 amide bonds. The molecule has 0 radical (unpaired) electrons. The van der Waals surface area contributed by atoms with E-state index in [2.05, 4.69) is 46.5 Å². The summed E-state index contributed by atoms with van der Waals surface area (Å²) in [6, 6.07) is 8.68. The molecule has 0 saturated carbocycles. The summed E-state index contributed by atoms with van der Waals surface area (Å²) in [5, 5.41) is 6.07. The number of aromatic nitrogens is 1. The van der Waals surface area contributed by atoms with Crippen LogP contribution in [0.5, 0.6) is 0 Å². The van der Waals surface area contributed by atoms with Gasteiger partial charge in [-0.2, -0.15) is 0 Å². The van der Waals surface area contributed by atoms with Crippen molar-refractivity contribution in [3.05, 3.63) is 42.2 Å². The summed E-state index contributed by atoms with van der Waals surface area (Å²) < 4.78 is 0. The van der Waals surface area contributed by atoms with Crippen molar-refractivity contribution in [2.24, 2.45) is 5.92 Å². The minimum Gasteiger partial charge on any atom is -0.312 e. The molecule has 1 atom stereocenters. The number of fused-ring (bicyclic) bond motifs is 1. The van der Waals surface area contributed by atoms with E-state index in [0.717, 1.165) is 19.0 Å². The largest absolute Gasteiger partial charge is 0.312 e. The van der Waals surface area contributed by atoms with Crippen molar-refractivity contribution in [1.29, 1.82) is 0 Å². The van der Waals surface area contributed by atoms with Gasteiger partial charge in [-0.15, -0.1) is 0 Å². The van der Waals surface area contributed by atoms with Gasteiger partial charge in [-0.25, -0.2) is 0 Å². The quantitative estimate of drug-likeness (QED) is 0.908. The van der Waals surface area contributed by atoms with Gasteiger partial charge in [0.2, 0.25) is 0 Å². The molecule has 1 aromatic carbocycles. The van der Waals surface area contributed by atoms with Gasteiger partial charge in [0.25, 0.3) is 0 Å². The summed E-state index contributed by atoms with van der Waals surface area (Å²) in [4.78, 5) is 6.56. The Kier molecular flexibility index (Phi) is 3.76. The van der Waals surface area contributed by atoms with Crippen LogP contribution in [0, 0.1) is 5.92 Å². The highest BCUT2D eigenvalue weighted by molar-refractivity contribution is 5.81. The lowest BCUT2D eigenvalue weighted by Crippen LogP contribution is -2.24. The maximum absolute atomic E-state index is 4.14. The van der Waals surface area contributed by atoms with Crippen LogP contribution in [0.4, 0.5) is 0 Å². The van der Waals surface area contributed by atoms with E-state index in [4.69, 9.17) is 0 Å². The Morgan fingerprint density at radius 1 is 1.32 bits per heavy atom. The second-order valence-corrected chi connectivity index (χ2v) is 5.61. The molecule has 100 valence electrons. The molecule has 1 N–H and O–H groups in total. The van der Waals surface area contributed by atoms with E-state index in [-0.39, 0.29) is 0 Å². The zero-order chi connectivity index (χ0) is 13.1. The second-order valence-electron chi connectivity index (χ2n) is 5.61. The maximum Gasteiger partial charge on any atom is 0.0346 e. The number of nitrogens with one attached hydrogen (secondary N) is 1. The van der Waals surface area contributed by atoms with Crippen LogP contribution in [0.15, 0.2) is 36.7 Å². The summed E-state index contributed by atoms with van der Waals surface area (Å²) in [5.74, 6) is 0.814. The molecule has 0 spiro atoms. The van der Waals surface area contributed by atoms with Gasteiger partial charge in [0, 0.05) is 30.9 Å². The van der Waals surface area contributed by atoms with Crippen LogP contribution in [0.3, 0.4) is 0 Å². The topological polar surface area (TPSA) is 28.2 Å². The van der Waals surface area contributed by atoms with Crippen LogP contribution >= 0.6 is 0 Å². The number of likely N-dealkylation sites (tertiary alicyclic amines) is 1. The number of benzene rings is 1. The van der Waals surface area contributed by atoms with Gasteiger partial charge >= 0.3 is 0 Å². The van der Waals surface area contributed by atoms with E-state index in [9.17, 15) is 0 Å². The number of nitrogens with zero attached hydrogens (tertiary/aromatic N) is 2. The summed E-state index contributed by atoms with van der Waals surface area (Å²) in [6.07, 6.45) is 5.10. The van der Waals surface area contributed by atoms with Gasteiger partial charge in [-0.3, -0.25) is 4.98 Å². The SMILES string of the molecule is CN1CCC(CNCc2ccc3cnccc3c2)C1. The Labute approximate surface area is 114 Å². The Balaban J connectivity index is 1.56. The molecule has 1 fully saturated rings. The standard InChI is InChI=1S/C16H21N3/c1-19-7-5-14(12-19)10-18-9-13-2-3-16-11-17-6-4-15(16)8-13/h2-4,6,8,11,14,18H,5,7,9-10,12H2,1H3. The normalized spacial score (nSPS) is 20.2. The monoisotopic (exact) mass is 255 g/mol. The fourth-order valence-corrected chi connectivity index (χ4v) is 2.86. The molecule has 3 heteroatoms. The average molecular weight is 255 g/mol. The third kappa shape index (κ3) is 3.11. The molecule has 1 unspecified atom stereocenters. The van der Waals surface area contributed by atoms with Crippen LogP contribution in [-0.4, -0.2) is 36.6 Å². The Hall–Kier alpha value is -1.45. The molecule has 1 aliphatic rings. The van der Waals surface area contributed by atoms with E-state index >= 15 is 0 Å². The Morgan fingerprint density at radius 2 is 2.26 bits per heavy atom. The zero-order valence-electron chi connectivity index (χ0n) is 11.5. The lowest BCUT2D eigenvalue weighted by atomic mass is 10.1. The highest BCUT2D eigenvalue weighted by Gasteiger charge is 2.18. The van der Waals surface area contributed by atoms with Crippen molar-refractivity contribution >= 4 is 10.8 Å². The van der Waals surface area contributed by atoms with Crippen molar-refractivity contribution in [3.63, 3.8) is 0 Å². The van der Waals surface area contributed by atoms with Crippen molar-refractivity contribution < 1.29 is 0 Å². The van der Waals surface area contributed by atoms with Gasteiger partial charge < -0.3 is 10.2 Å². The van der Waals surface area contributed by atoms with E-state index in [1.807, 2.05) is 12.4 Å². The molecular formula is C16H21N3. The Morgan fingerprint density at radius 3 is 3.11 bits per heavy atom. The summed E-state index contributed by atoms with van der Waals surface area (Å²) in [7, 11) is 2.21. The molecule has 2 heterocycles. The van der Waals surface area contributed by atoms with Crippen molar-refractivity contribution in [2.75, 3.05) is 26.7 Å². The molecule has 19 heavy (non-hydrogen) atoms. The first-order chi connectivity index (χ1) is 9.31. The van der Waals surface area contributed by atoms with Crippen molar-refractivity contribution in [3.8, 4) is 0 Å². The highest BCUT2D eigenvalue weighted by atomic mass is 15.1. The summed E-state index contributed by atoms with van der Waals surface area (Å²) in [5.41, 5.74) is 1.35. The van der Waals surface area contributed by atoms with E-state index < -0.39 is 0 Å². The molecule has 1 saturated heterocycles. The maximum atomic E-state index is 4.14. The smallest absolute Gasteiger partial charge is 0.0346 e. The van der Waals surface area contributed by atoms with Gasteiger partial charge in [-0.05, 0) is 55.6 Å². The third-order valence-corrected chi connectivity index (χ3v) is 3.96. The first-order valence-corrected chi connectivity index (χ1v) is 7.03. The van der Waals surface area contributed by atoms with Gasteiger partial charge in [0.05, 0.1) is 0 Å². The zero-order valence-corrected chi connectivity index (χ0v) is 11.5. The molecule has 1 aromatic heterocycles. The first-order valence-electron chi connectivity index (χ1n) is 7.03.